The van der Waals surface area contributed by atoms with Crippen molar-refractivity contribution < 1.29 is 17.9 Å². The minimum absolute atomic E-state index is 0.0214. The molecule has 1 atom stereocenters. The Bertz CT molecular complexity index is 470. The molecule has 1 aromatic carbocycles. The normalized spacial score (nSPS) is 19.0. The lowest BCUT2D eigenvalue weighted by Gasteiger charge is -2.26. The van der Waals surface area contributed by atoms with E-state index >= 15 is 0 Å². The maximum Gasteiger partial charge on any atom is 0.418 e. The first-order valence-corrected chi connectivity index (χ1v) is 7.09. The number of nitrogens with one attached hydrogen (secondary N) is 1. The largest absolute Gasteiger partial charge is 0.418 e. The van der Waals surface area contributed by atoms with E-state index in [9.17, 15) is 13.2 Å². The molecule has 0 radical (unpaired) electrons. The topological polar surface area (TPSA) is 24.5 Å². The average molecular weight is 302 g/mol. The minimum Gasteiger partial charge on any atom is -0.376 e. The summed E-state index contributed by atoms with van der Waals surface area (Å²) in [6.45, 7) is 1.60. The van der Waals surface area contributed by atoms with Crippen LogP contribution in [0.15, 0.2) is 18.2 Å². The summed E-state index contributed by atoms with van der Waals surface area (Å²) in [6, 6.07) is 4.50. The molecule has 1 aromatic rings. The lowest BCUT2D eigenvalue weighted by atomic mass is 10.1. The van der Waals surface area contributed by atoms with Gasteiger partial charge in [0.1, 0.15) is 0 Å². The first kappa shape index (κ1) is 16.1. The van der Waals surface area contributed by atoms with Crippen molar-refractivity contribution >= 4 is 5.69 Å². The van der Waals surface area contributed by atoms with Crippen molar-refractivity contribution in [3.8, 4) is 0 Å². The van der Waals surface area contributed by atoms with Gasteiger partial charge in [-0.05, 0) is 37.6 Å². The number of anilines is 1. The first-order valence-electron chi connectivity index (χ1n) is 7.09. The van der Waals surface area contributed by atoms with Crippen LogP contribution < -0.4 is 10.2 Å². The van der Waals surface area contributed by atoms with Crippen molar-refractivity contribution in [3.63, 3.8) is 0 Å². The van der Waals surface area contributed by atoms with Crippen LogP contribution in [0.3, 0.4) is 0 Å². The molecule has 2 rings (SSSR count). The third kappa shape index (κ3) is 4.11. The quantitative estimate of drug-likeness (QED) is 0.905. The zero-order valence-corrected chi connectivity index (χ0v) is 12.3. The SMILES string of the molecule is CNCc1ccc(N(C)CC2CCCO2)c(C(F)(F)F)c1. The molecule has 1 saturated heterocycles. The molecule has 0 aromatic heterocycles. The molecule has 1 heterocycles. The number of ether oxygens (including phenoxy) is 1. The molecule has 118 valence electrons. The van der Waals surface area contributed by atoms with Gasteiger partial charge >= 0.3 is 6.18 Å². The number of rotatable bonds is 5. The van der Waals surface area contributed by atoms with Gasteiger partial charge in [-0.2, -0.15) is 13.2 Å². The second-order valence-corrected chi connectivity index (χ2v) is 5.40. The molecule has 1 fully saturated rings. The lowest BCUT2D eigenvalue weighted by Crippen LogP contribution is -2.30. The molecule has 0 bridgehead atoms. The summed E-state index contributed by atoms with van der Waals surface area (Å²) < 4.78 is 45.3. The van der Waals surface area contributed by atoms with Crippen molar-refractivity contribution in [2.75, 3.05) is 32.1 Å². The fourth-order valence-corrected chi connectivity index (χ4v) is 2.65. The van der Waals surface area contributed by atoms with E-state index in [1.54, 1.807) is 31.1 Å². The van der Waals surface area contributed by atoms with Crippen LogP contribution >= 0.6 is 0 Å². The molecular formula is C15H21F3N2O. The summed E-state index contributed by atoms with van der Waals surface area (Å²) in [5.74, 6) is 0. The van der Waals surface area contributed by atoms with Crippen LogP contribution in [0, 0.1) is 0 Å². The molecule has 21 heavy (non-hydrogen) atoms. The van der Waals surface area contributed by atoms with Gasteiger partial charge in [0.25, 0.3) is 0 Å². The van der Waals surface area contributed by atoms with Gasteiger partial charge < -0.3 is 15.0 Å². The van der Waals surface area contributed by atoms with Gasteiger partial charge in [0.2, 0.25) is 0 Å². The molecule has 0 saturated carbocycles. The highest BCUT2D eigenvalue weighted by Crippen LogP contribution is 2.37. The van der Waals surface area contributed by atoms with Crippen LogP contribution in [-0.4, -0.2) is 33.4 Å². The van der Waals surface area contributed by atoms with Gasteiger partial charge in [-0.3, -0.25) is 0 Å². The van der Waals surface area contributed by atoms with Gasteiger partial charge in [0.05, 0.1) is 11.7 Å². The summed E-state index contributed by atoms with van der Waals surface area (Å²) >= 11 is 0. The highest BCUT2D eigenvalue weighted by atomic mass is 19.4. The maximum atomic E-state index is 13.3. The van der Waals surface area contributed by atoms with Gasteiger partial charge in [-0.25, -0.2) is 0 Å². The smallest absolute Gasteiger partial charge is 0.376 e. The van der Waals surface area contributed by atoms with Crippen LogP contribution in [-0.2, 0) is 17.5 Å². The van der Waals surface area contributed by atoms with E-state index in [0.717, 1.165) is 12.8 Å². The summed E-state index contributed by atoms with van der Waals surface area (Å²) in [4.78, 5) is 1.64. The van der Waals surface area contributed by atoms with Gasteiger partial charge in [0.15, 0.2) is 0 Å². The van der Waals surface area contributed by atoms with Gasteiger partial charge in [-0.1, -0.05) is 6.07 Å². The summed E-state index contributed by atoms with van der Waals surface area (Å²) in [6.07, 6.45) is -2.45. The third-order valence-corrected chi connectivity index (χ3v) is 3.66. The molecule has 1 unspecified atom stereocenters. The summed E-state index contributed by atoms with van der Waals surface area (Å²) in [7, 11) is 3.40. The monoisotopic (exact) mass is 302 g/mol. The Morgan fingerprint density at radius 1 is 1.38 bits per heavy atom. The minimum atomic E-state index is -4.36. The number of alkyl halides is 3. The van der Waals surface area contributed by atoms with Crippen LogP contribution in [0.4, 0.5) is 18.9 Å². The van der Waals surface area contributed by atoms with Gasteiger partial charge in [-0.15, -0.1) is 0 Å². The maximum absolute atomic E-state index is 13.3. The fourth-order valence-electron chi connectivity index (χ4n) is 2.65. The second-order valence-electron chi connectivity index (χ2n) is 5.40. The van der Waals surface area contributed by atoms with Crippen LogP contribution in [0.2, 0.25) is 0 Å². The van der Waals surface area contributed by atoms with Crippen LogP contribution in [0.1, 0.15) is 24.0 Å². The Kier molecular flexibility index (Phi) is 5.11. The van der Waals surface area contributed by atoms with E-state index in [1.807, 2.05) is 0 Å². The van der Waals surface area contributed by atoms with Gasteiger partial charge in [0, 0.05) is 32.4 Å². The van der Waals surface area contributed by atoms with Crippen molar-refractivity contribution in [3.05, 3.63) is 29.3 Å². The predicted octanol–water partition coefficient (Wildman–Crippen LogP) is 3.04. The predicted molar refractivity (Wildman–Crippen MR) is 76.5 cm³/mol. The average Bonchev–Trinajstić information content (AvgIpc) is 2.91. The summed E-state index contributed by atoms with van der Waals surface area (Å²) in [5.41, 5.74) is 0.243. The van der Waals surface area contributed by atoms with Crippen molar-refractivity contribution in [2.24, 2.45) is 0 Å². The molecule has 1 aliphatic heterocycles. The lowest BCUT2D eigenvalue weighted by molar-refractivity contribution is -0.137. The fraction of sp³-hybridized carbons (Fsp3) is 0.600. The number of nitrogens with zero attached hydrogens (tertiary/aromatic N) is 1. The second kappa shape index (κ2) is 6.66. The van der Waals surface area contributed by atoms with E-state index in [4.69, 9.17) is 4.74 Å². The number of halogens is 3. The number of hydrogen-bond acceptors (Lipinski definition) is 3. The zero-order valence-electron chi connectivity index (χ0n) is 12.3. The first-order chi connectivity index (χ1) is 9.91. The number of likely N-dealkylation sites (N-methyl/N-ethyl adjacent to an activating group) is 1. The zero-order chi connectivity index (χ0) is 15.5. The molecular weight excluding hydrogens is 281 g/mol. The van der Waals surface area contributed by atoms with E-state index < -0.39 is 11.7 Å². The molecule has 3 nitrogen and oxygen atoms in total. The Morgan fingerprint density at radius 2 is 2.14 bits per heavy atom. The van der Waals surface area contributed by atoms with E-state index in [1.165, 1.54) is 6.07 Å². The summed E-state index contributed by atoms with van der Waals surface area (Å²) in [5, 5.41) is 2.87. The Balaban J connectivity index is 2.23. The Morgan fingerprint density at radius 3 is 2.71 bits per heavy atom. The Hall–Kier alpha value is -1.27. The standard InChI is InChI=1S/C15H21F3N2O/c1-19-9-11-5-6-14(13(8-11)15(16,17)18)20(2)10-12-4-3-7-21-12/h5-6,8,12,19H,3-4,7,9-10H2,1-2H3. The highest BCUT2D eigenvalue weighted by Gasteiger charge is 2.35. The van der Waals surface area contributed by atoms with E-state index in [-0.39, 0.29) is 11.8 Å². The number of hydrogen-bond donors (Lipinski definition) is 1. The van der Waals surface area contributed by atoms with Crippen LogP contribution in [0.25, 0.3) is 0 Å². The van der Waals surface area contributed by atoms with Crippen molar-refractivity contribution in [1.82, 2.24) is 5.32 Å². The molecule has 1 N–H and O–H groups in total. The molecule has 1 aliphatic rings. The molecule has 6 heteroatoms. The van der Waals surface area contributed by atoms with Crippen molar-refractivity contribution in [2.45, 2.75) is 31.7 Å². The highest BCUT2D eigenvalue weighted by molar-refractivity contribution is 5.56. The molecule has 0 aliphatic carbocycles. The van der Waals surface area contributed by atoms with Crippen LogP contribution in [0.5, 0.6) is 0 Å². The van der Waals surface area contributed by atoms with E-state index in [2.05, 4.69) is 5.32 Å². The van der Waals surface area contributed by atoms with E-state index in [0.29, 0.717) is 25.3 Å². The Labute approximate surface area is 123 Å². The van der Waals surface area contributed by atoms with Crippen molar-refractivity contribution in [1.29, 1.82) is 0 Å². The molecule has 0 amide bonds. The third-order valence-electron chi connectivity index (χ3n) is 3.66. The number of benzene rings is 1. The molecule has 0 spiro atoms.